The van der Waals surface area contributed by atoms with Gasteiger partial charge in [-0.1, -0.05) is 46.6 Å². The average Bonchev–Trinajstić information content (AvgIpc) is 2.60. The fourth-order valence-electron chi connectivity index (χ4n) is 2.60. The minimum atomic E-state index is -0.991. The number of aliphatic carboxylic acids is 1. The summed E-state index contributed by atoms with van der Waals surface area (Å²) in [7, 11) is 0. The second kappa shape index (κ2) is 16.1. The second-order valence-electron chi connectivity index (χ2n) is 7.89. The highest BCUT2D eigenvalue weighted by molar-refractivity contribution is 7.99. The van der Waals surface area contributed by atoms with Gasteiger partial charge < -0.3 is 10.4 Å². The fraction of sp³-hybridized carbons (Fsp3) is 0.583. The van der Waals surface area contributed by atoms with Crippen molar-refractivity contribution in [1.82, 2.24) is 5.32 Å². The summed E-state index contributed by atoms with van der Waals surface area (Å²) in [5.41, 5.74) is 5.47. The zero-order valence-electron chi connectivity index (χ0n) is 19.0. The lowest BCUT2D eigenvalue weighted by atomic mass is 10.0. The average molecular weight is 422 g/mol. The molecule has 1 amide bonds. The first-order valence-electron chi connectivity index (χ1n) is 10.3. The number of carboxylic acid groups (broad SMARTS) is 1. The van der Waals surface area contributed by atoms with Gasteiger partial charge in [0.1, 0.15) is 6.04 Å². The van der Waals surface area contributed by atoms with E-state index >= 15 is 0 Å². The molecule has 0 radical (unpaired) electrons. The Kier molecular flexibility index (Phi) is 15.1. The van der Waals surface area contributed by atoms with Crippen LogP contribution < -0.4 is 5.32 Å². The Hall–Kier alpha value is -1.75. The van der Waals surface area contributed by atoms with E-state index in [1.54, 1.807) is 0 Å². The monoisotopic (exact) mass is 421 g/mol. The van der Waals surface area contributed by atoms with Crippen LogP contribution in [0.25, 0.3) is 0 Å². The number of rotatable bonds is 14. The number of carboxylic acids is 1. The summed E-state index contributed by atoms with van der Waals surface area (Å²) >= 11 is 1.53. The predicted octanol–water partition coefficient (Wildman–Crippen LogP) is 6.06. The number of carbonyl (C=O) groups excluding carboxylic acids is 1. The van der Waals surface area contributed by atoms with Gasteiger partial charge in [-0.2, -0.15) is 11.8 Å². The molecule has 0 fully saturated rings. The van der Waals surface area contributed by atoms with E-state index in [-0.39, 0.29) is 5.91 Å². The molecule has 0 heterocycles. The van der Waals surface area contributed by atoms with Gasteiger partial charge in [0.2, 0.25) is 5.91 Å². The van der Waals surface area contributed by atoms with Crippen molar-refractivity contribution < 1.29 is 14.7 Å². The molecule has 0 rings (SSSR count). The Balaban J connectivity index is 4.67. The van der Waals surface area contributed by atoms with E-state index in [2.05, 4.69) is 64.2 Å². The van der Waals surface area contributed by atoms with Gasteiger partial charge in [0, 0.05) is 18.4 Å². The molecule has 2 N–H and O–H groups in total. The molecule has 0 bridgehead atoms. The van der Waals surface area contributed by atoms with Crippen molar-refractivity contribution in [2.45, 2.75) is 79.7 Å². The van der Waals surface area contributed by atoms with Crippen molar-refractivity contribution in [2.75, 3.05) is 11.5 Å². The van der Waals surface area contributed by atoms with Crippen LogP contribution in [-0.4, -0.2) is 34.5 Å². The van der Waals surface area contributed by atoms with Gasteiger partial charge in [-0.25, -0.2) is 4.79 Å². The Labute approximate surface area is 181 Å². The smallest absolute Gasteiger partial charge is 0.327 e. The number of thioether (sulfide) groups is 1. The van der Waals surface area contributed by atoms with Gasteiger partial charge in [-0.3, -0.25) is 4.79 Å². The van der Waals surface area contributed by atoms with Crippen molar-refractivity contribution in [2.24, 2.45) is 0 Å². The standard InChI is InChI=1S/C24H39NO3S/c1-18(2)9-7-10-20(5)11-8-12-22(14-13-19(3)4)15-16-29-17-23(24(27)28)25-21(6)26/h9,11,13,15,23H,7-8,10,12,14,16-17H2,1-6H3,(H,25,26)(H,27,28)/b20-11+,22-15-/t23-/m1/s1. The van der Waals surface area contributed by atoms with Crippen LogP contribution in [0.4, 0.5) is 0 Å². The number of nitrogens with one attached hydrogen (secondary N) is 1. The highest BCUT2D eigenvalue weighted by atomic mass is 32.2. The first-order valence-corrected chi connectivity index (χ1v) is 11.4. The number of allylic oxidation sites excluding steroid dienone is 7. The molecule has 5 heteroatoms. The lowest BCUT2D eigenvalue weighted by Gasteiger charge is -2.12. The highest BCUT2D eigenvalue weighted by Crippen LogP contribution is 2.17. The van der Waals surface area contributed by atoms with E-state index in [9.17, 15) is 14.7 Å². The van der Waals surface area contributed by atoms with Crippen molar-refractivity contribution >= 4 is 23.6 Å². The zero-order chi connectivity index (χ0) is 22.2. The molecular weight excluding hydrogens is 382 g/mol. The van der Waals surface area contributed by atoms with E-state index in [1.165, 1.54) is 41.0 Å². The quantitative estimate of drug-likeness (QED) is 0.264. The summed E-state index contributed by atoms with van der Waals surface area (Å²) in [5, 5.41) is 11.7. The van der Waals surface area contributed by atoms with E-state index in [4.69, 9.17) is 0 Å². The van der Waals surface area contributed by atoms with E-state index in [0.717, 1.165) is 37.9 Å². The van der Waals surface area contributed by atoms with E-state index in [0.29, 0.717) is 5.75 Å². The third kappa shape index (κ3) is 16.9. The summed E-state index contributed by atoms with van der Waals surface area (Å²) in [4.78, 5) is 22.3. The molecule has 4 nitrogen and oxygen atoms in total. The number of hydrogen-bond acceptors (Lipinski definition) is 3. The summed E-state index contributed by atoms with van der Waals surface area (Å²) < 4.78 is 0. The third-order valence-electron chi connectivity index (χ3n) is 4.27. The van der Waals surface area contributed by atoms with Crippen LogP contribution in [0.3, 0.4) is 0 Å². The Bertz CT molecular complexity index is 637. The maximum Gasteiger partial charge on any atom is 0.327 e. The van der Waals surface area contributed by atoms with Crippen LogP contribution in [0, 0.1) is 0 Å². The molecule has 29 heavy (non-hydrogen) atoms. The van der Waals surface area contributed by atoms with Gasteiger partial charge in [0.05, 0.1) is 0 Å². The lowest BCUT2D eigenvalue weighted by Crippen LogP contribution is -2.41. The fourth-order valence-corrected chi connectivity index (χ4v) is 3.55. The zero-order valence-corrected chi connectivity index (χ0v) is 19.8. The Morgan fingerprint density at radius 3 is 2.07 bits per heavy atom. The van der Waals surface area contributed by atoms with Gasteiger partial charge in [-0.15, -0.1) is 0 Å². The Morgan fingerprint density at radius 2 is 1.52 bits per heavy atom. The van der Waals surface area contributed by atoms with Crippen molar-refractivity contribution in [3.8, 4) is 0 Å². The largest absolute Gasteiger partial charge is 0.480 e. The molecular formula is C24H39NO3S. The molecule has 0 aromatic heterocycles. The molecule has 0 saturated heterocycles. The predicted molar refractivity (Wildman–Crippen MR) is 126 cm³/mol. The molecule has 0 aliphatic rings. The molecule has 0 saturated carbocycles. The molecule has 1 atom stereocenters. The lowest BCUT2D eigenvalue weighted by molar-refractivity contribution is -0.140. The number of carbonyl (C=O) groups is 2. The molecule has 164 valence electrons. The Morgan fingerprint density at radius 1 is 0.897 bits per heavy atom. The topological polar surface area (TPSA) is 66.4 Å². The van der Waals surface area contributed by atoms with Crippen LogP contribution in [0.2, 0.25) is 0 Å². The molecule has 0 aliphatic carbocycles. The van der Waals surface area contributed by atoms with Gasteiger partial charge in [0.25, 0.3) is 0 Å². The van der Waals surface area contributed by atoms with E-state index < -0.39 is 12.0 Å². The van der Waals surface area contributed by atoms with Gasteiger partial charge >= 0.3 is 5.97 Å². The summed E-state index contributed by atoms with van der Waals surface area (Å²) in [6, 6.07) is -0.835. The number of amides is 1. The van der Waals surface area contributed by atoms with Crippen LogP contribution in [0.5, 0.6) is 0 Å². The minimum absolute atomic E-state index is 0.315. The van der Waals surface area contributed by atoms with Gasteiger partial charge in [-0.05, 0) is 66.7 Å². The molecule has 0 spiro atoms. The third-order valence-corrected chi connectivity index (χ3v) is 5.24. The highest BCUT2D eigenvalue weighted by Gasteiger charge is 2.17. The van der Waals surface area contributed by atoms with Gasteiger partial charge in [0.15, 0.2) is 0 Å². The number of hydrogen-bond donors (Lipinski definition) is 2. The van der Waals surface area contributed by atoms with E-state index in [1.807, 2.05) is 0 Å². The second-order valence-corrected chi connectivity index (χ2v) is 8.96. The summed E-state index contributed by atoms with van der Waals surface area (Å²) in [5.74, 6) is -0.191. The first kappa shape index (κ1) is 27.2. The normalized spacial score (nSPS) is 12.9. The molecule has 0 aromatic carbocycles. The minimum Gasteiger partial charge on any atom is -0.480 e. The molecule has 0 unspecified atom stereocenters. The van der Waals surface area contributed by atoms with Crippen LogP contribution >= 0.6 is 11.8 Å². The van der Waals surface area contributed by atoms with Crippen LogP contribution in [0.15, 0.2) is 46.6 Å². The molecule has 0 aromatic rings. The van der Waals surface area contributed by atoms with Crippen molar-refractivity contribution in [1.29, 1.82) is 0 Å². The van der Waals surface area contributed by atoms with Crippen molar-refractivity contribution in [3.05, 3.63) is 46.6 Å². The summed E-state index contributed by atoms with van der Waals surface area (Å²) in [6.45, 7) is 12.0. The SMILES string of the molecule is CC(=O)N[C@H](CSC/C=C(\CC=C(C)C)CC/C=C(\C)CCC=C(C)C)C(=O)O. The van der Waals surface area contributed by atoms with Crippen molar-refractivity contribution in [3.63, 3.8) is 0 Å². The van der Waals surface area contributed by atoms with Crippen LogP contribution in [0.1, 0.15) is 73.6 Å². The maximum atomic E-state index is 11.2. The maximum absolute atomic E-state index is 11.2. The molecule has 0 aliphatic heterocycles. The first-order chi connectivity index (χ1) is 13.6. The van der Waals surface area contributed by atoms with Crippen LogP contribution in [-0.2, 0) is 9.59 Å². The summed E-state index contributed by atoms with van der Waals surface area (Å²) in [6.07, 6.45) is 14.2.